The molecule has 29 heavy (non-hydrogen) atoms. The summed E-state index contributed by atoms with van der Waals surface area (Å²) in [4.78, 5) is 6.55. The first-order chi connectivity index (χ1) is 13.9. The van der Waals surface area contributed by atoms with Crippen molar-refractivity contribution < 1.29 is 14.2 Å². The van der Waals surface area contributed by atoms with E-state index in [4.69, 9.17) is 31.1 Å². The molecule has 0 saturated carbocycles. The molecule has 2 rings (SSSR count). The average molecular weight is 404 g/mol. The van der Waals surface area contributed by atoms with E-state index in [1.54, 1.807) is 25.3 Å². The number of methoxy groups -OCH3 is 1. The molecule has 8 heteroatoms. The van der Waals surface area contributed by atoms with E-state index < -0.39 is 0 Å². The van der Waals surface area contributed by atoms with Crippen LogP contribution in [0.25, 0.3) is 0 Å². The second-order valence-corrected chi connectivity index (χ2v) is 7.24. The van der Waals surface area contributed by atoms with Gasteiger partial charge in [0.15, 0.2) is 0 Å². The van der Waals surface area contributed by atoms with E-state index in [1.165, 1.54) is 6.34 Å². The van der Waals surface area contributed by atoms with Crippen LogP contribution in [0.5, 0.6) is 5.75 Å². The van der Waals surface area contributed by atoms with Crippen molar-refractivity contribution in [2.24, 2.45) is 10.7 Å². The van der Waals surface area contributed by atoms with Gasteiger partial charge in [0, 0.05) is 37.0 Å². The van der Waals surface area contributed by atoms with E-state index >= 15 is 0 Å². The Kier molecular flexibility index (Phi) is 8.63. The summed E-state index contributed by atoms with van der Waals surface area (Å²) in [5.41, 5.74) is 13.4. The Bertz CT molecular complexity index is 750. The van der Waals surface area contributed by atoms with Crippen molar-refractivity contribution in [3.63, 3.8) is 0 Å². The monoisotopic (exact) mass is 403 g/mol. The number of anilines is 1. The summed E-state index contributed by atoms with van der Waals surface area (Å²) in [6, 6.07) is 5.62. The van der Waals surface area contributed by atoms with Gasteiger partial charge in [0.05, 0.1) is 37.6 Å². The third kappa shape index (κ3) is 6.28. The molecule has 0 bridgehead atoms. The lowest BCUT2D eigenvalue weighted by atomic mass is 10.0. The maximum atomic E-state index is 8.71. The van der Waals surface area contributed by atoms with Crippen molar-refractivity contribution in [1.29, 1.82) is 5.41 Å². The van der Waals surface area contributed by atoms with Crippen molar-refractivity contribution in [2.75, 3.05) is 39.2 Å². The van der Waals surface area contributed by atoms with E-state index in [2.05, 4.69) is 23.7 Å². The molecule has 1 fully saturated rings. The highest BCUT2D eigenvalue weighted by atomic mass is 16.5. The molecule has 5 N–H and O–H groups in total. The molecule has 1 aliphatic rings. The summed E-state index contributed by atoms with van der Waals surface area (Å²) in [6.45, 7) is 8.80. The normalized spacial score (nSPS) is 20.6. The standard InChI is InChI=1S/C21H33N5O3/c1-14(26-7-8-28-11-15(26)2)9-20(25-13-22)21(24)18-10-17(5-6-19(18)23)29-16(3)12-27-4/h5-6,9-10,13-16,24H,7-8,11-12,23H2,1-4H3,(H2,22,25)/b20-9-,24-21?. The Morgan fingerprint density at radius 2 is 2.21 bits per heavy atom. The van der Waals surface area contributed by atoms with E-state index in [0.29, 0.717) is 42.5 Å². The summed E-state index contributed by atoms with van der Waals surface area (Å²) in [7, 11) is 1.63. The summed E-state index contributed by atoms with van der Waals surface area (Å²) < 4.78 is 16.5. The Hall–Kier alpha value is -2.42. The van der Waals surface area contributed by atoms with Gasteiger partial charge < -0.3 is 25.7 Å². The van der Waals surface area contributed by atoms with Gasteiger partial charge in [0.2, 0.25) is 0 Å². The summed E-state index contributed by atoms with van der Waals surface area (Å²) in [6.07, 6.45) is 3.02. The highest BCUT2D eigenvalue weighted by Gasteiger charge is 2.23. The topological polar surface area (TPSA) is 119 Å². The number of hydrogen-bond donors (Lipinski definition) is 3. The molecule has 160 valence electrons. The van der Waals surface area contributed by atoms with Crippen LogP contribution in [0.2, 0.25) is 0 Å². The Morgan fingerprint density at radius 1 is 1.45 bits per heavy atom. The van der Waals surface area contributed by atoms with Crippen LogP contribution in [0.3, 0.4) is 0 Å². The quantitative estimate of drug-likeness (QED) is 0.330. The molecule has 8 nitrogen and oxygen atoms in total. The molecule has 1 aliphatic heterocycles. The molecule has 3 atom stereocenters. The van der Waals surface area contributed by atoms with Gasteiger partial charge in [0.25, 0.3) is 0 Å². The maximum absolute atomic E-state index is 8.71. The smallest absolute Gasteiger partial charge is 0.120 e. The maximum Gasteiger partial charge on any atom is 0.120 e. The number of nitrogen functional groups attached to an aromatic ring is 1. The summed E-state index contributed by atoms with van der Waals surface area (Å²) in [5, 5.41) is 8.71. The molecular formula is C21H33N5O3. The number of nitrogens with zero attached hydrogens (tertiary/aromatic N) is 2. The molecule has 0 aliphatic carbocycles. The molecule has 1 heterocycles. The van der Waals surface area contributed by atoms with Crippen LogP contribution in [-0.4, -0.2) is 68.6 Å². The van der Waals surface area contributed by atoms with Gasteiger partial charge in [-0.1, -0.05) is 0 Å². The van der Waals surface area contributed by atoms with Gasteiger partial charge in [-0.15, -0.1) is 0 Å². The van der Waals surface area contributed by atoms with Crippen LogP contribution in [-0.2, 0) is 9.47 Å². The van der Waals surface area contributed by atoms with E-state index in [1.807, 2.05) is 13.0 Å². The fraction of sp³-hybridized carbons (Fsp3) is 0.524. The predicted molar refractivity (Wildman–Crippen MR) is 117 cm³/mol. The minimum absolute atomic E-state index is 0.0651. The zero-order valence-electron chi connectivity index (χ0n) is 17.7. The number of benzene rings is 1. The van der Waals surface area contributed by atoms with Crippen molar-refractivity contribution in [2.45, 2.75) is 39.0 Å². The Morgan fingerprint density at radius 3 is 2.86 bits per heavy atom. The van der Waals surface area contributed by atoms with E-state index in [0.717, 1.165) is 6.54 Å². The first kappa shape index (κ1) is 22.9. The summed E-state index contributed by atoms with van der Waals surface area (Å²) >= 11 is 0. The lowest BCUT2D eigenvalue weighted by Gasteiger charge is -2.36. The lowest BCUT2D eigenvalue weighted by molar-refractivity contribution is -0.01000. The van der Waals surface area contributed by atoms with Crippen molar-refractivity contribution >= 4 is 17.7 Å². The van der Waals surface area contributed by atoms with Crippen molar-refractivity contribution in [3.05, 3.63) is 35.5 Å². The van der Waals surface area contributed by atoms with Gasteiger partial charge in [-0.05, 0) is 45.0 Å². The largest absolute Gasteiger partial charge is 0.488 e. The van der Waals surface area contributed by atoms with Gasteiger partial charge in [-0.25, -0.2) is 4.99 Å². The van der Waals surface area contributed by atoms with Crippen molar-refractivity contribution in [3.8, 4) is 5.75 Å². The Labute approximate surface area is 173 Å². The van der Waals surface area contributed by atoms with E-state index in [9.17, 15) is 0 Å². The first-order valence-electron chi connectivity index (χ1n) is 9.81. The lowest BCUT2D eigenvalue weighted by Crippen LogP contribution is -2.47. The van der Waals surface area contributed by atoms with Crippen LogP contribution < -0.4 is 16.2 Å². The number of rotatable bonds is 9. The fourth-order valence-corrected chi connectivity index (χ4v) is 3.40. The van der Waals surface area contributed by atoms with Gasteiger partial charge in [-0.3, -0.25) is 10.3 Å². The number of nitrogens with two attached hydrogens (primary N) is 2. The molecule has 0 aromatic heterocycles. The zero-order valence-corrected chi connectivity index (χ0v) is 17.7. The molecule has 0 spiro atoms. The molecule has 1 aromatic carbocycles. The van der Waals surface area contributed by atoms with Gasteiger partial charge in [-0.2, -0.15) is 0 Å². The average Bonchev–Trinajstić information content (AvgIpc) is 2.69. The molecule has 0 radical (unpaired) electrons. The molecule has 3 unspecified atom stereocenters. The number of morpholine rings is 1. The number of nitrogens with one attached hydrogen (secondary N) is 1. The SMILES string of the molecule is COCC(C)Oc1ccc(N)c(C(=N)/C(=C/C(C)N2CCOCC2C)N=CN)c1. The first-order valence-corrected chi connectivity index (χ1v) is 9.81. The molecule has 0 amide bonds. The minimum Gasteiger partial charge on any atom is -0.488 e. The number of ether oxygens (including phenoxy) is 3. The number of hydrogen-bond acceptors (Lipinski definition) is 7. The second-order valence-electron chi connectivity index (χ2n) is 7.24. The van der Waals surface area contributed by atoms with Crippen LogP contribution in [0.4, 0.5) is 5.69 Å². The minimum atomic E-state index is -0.120. The molecule has 1 aromatic rings. The van der Waals surface area contributed by atoms with Crippen LogP contribution >= 0.6 is 0 Å². The third-order valence-corrected chi connectivity index (χ3v) is 4.84. The van der Waals surface area contributed by atoms with Gasteiger partial charge in [0.1, 0.15) is 11.9 Å². The van der Waals surface area contributed by atoms with Crippen LogP contribution in [0.15, 0.2) is 35.0 Å². The number of aliphatic imine (C=N–C) groups is 1. The third-order valence-electron chi connectivity index (χ3n) is 4.84. The molecule has 1 saturated heterocycles. The fourth-order valence-electron chi connectivity index (χ4n) is 3.40. The highest BCUT2D eigenvalue weighted by molar-refractivity contribution is 6.14. The number of allylic oxidation sites excluding steroid dienone is 1. The Balaban J connectivity index is 2.28. The highest BCUT2D eigenvalue weighted by Crippen LogP contribution is 2.24. The summed E-state index contributed by atoms with van der Waals surface area (Å²) in [5.74, 6) is 0.620. The molecular weight excluding hydrogens is 370 g/mol. The van der Waals surface area contributed by atoms with Gasteiger partial charge >= 0.3 is 0 Å². The van der Waals surface area contributed by atoms with E-state index in [-0.39, 0.29) is 23.9 Å². The van der Waals surface area contributed by atoms with Crippen LogP contribution in [0.1, 0.15) is 26.3 Å². The second kappa shape index (κ2) is 10.9. The van der Waals surface area contributed by atoms with Crippen molar-refractivity contribution in [1.82, 2.24) is 4.90 Å². The zero-order chi connectivity index (χ0) is 21.4. The predicted octanol–water partition coefficient (Wildman–Crippen LogP) is 2.03. The van der Waals surface area contributed by atoms with Crippen LogP contribution in [0, 0.1) is 5.41 Å².